The van der Waals surface area contributed by atoms with Gasteiger partial charge in [-0.1, -0.05) is 13.8 Å². The molecule has 0 unspecified atom stereocenters. The molecule has 1 aromatic carbocycles. The van der Waals surface area contributed by atoms with Crippen LogP contribution in [-0.4, -0.2) is 34.7 Å². The Labute approximate surface area is 163 Å². The zero-order valence-corrected chi connectivity index (χ0v) is 15.9. The van der Waals surface area contributed by atoms with Crippen LogP contribution in [0.4, 0.5) is 30.2 Å². The van der Waals surface area contributed by atoms with Gasteiger partial charge in [-0.05, 0) is 12.8 Å². The van der Waals surface area contributed by atoms with Gasteiger partial charge < -0.3 is 10.6 Å². The molecule has 0 bridgehead atoms. The second-order valence-corrected chi connectivity index (χ2v) is 5.73. The van der Waals surface area contributed by atoms with Crippen molar-refractivity contribution in [2.45, 2.75) is 32.9 Å². The monoisotopic (exact) mass is 428 g/mol. The van der Waals surface area contributed by atoms with Crippen molar-refractivity contribution in [3.05, 3.63) is 37.9 Å². The Kier molecular flexibility index (Phi) is 10.2. The molecule has 0 saturated carbocycles. The zero-order chi connectivity index (χ0) is 22.1. The second kappa shape index (κ2) is 11.3. The number of hydrogen-bond donors (Lipinski definition) is 1. The third-order valence-electron chi connectivity index (χ3n) is 3.23. The van der Waals surface area contributed by atoms with E-state index in [1.54, 1.807) is 13.8 Å². The van der Waals surface area contributed by atoms with Crippen LogP contribution in [0.25, 0.3) is 0 Å². The van der Waals surface area contributed by atoms with Crippen molar-refractivity contribution >= 4 is 34.6 Å². The van der Waals surface area contributed by atoms with Gasteiger partial charge in [-0.2, -0.15) is 13.2 Å². The van der Waals surface area contributed by atoms with Crippen LogP contribution >= 0.6 is 11.6 Å². The number of halogens is 4. The van der Waals surface area contributed by atoms with Crippen LogP contribution in [0.1, 0.15) is 32.3 Å². The number of amides is 1. The summed E-state index contributed by atoms with van der Waals surface area (Å²) in [4.78, 5) is 31.2. The van der Waals surface area contributed by atoms with E-state index in [-0.39, 0.29) is 24.7 Å². The maximum Gasteiger partial charge on any atom is 0.416 e. The smallest absolute Gasteiger partial charge is 0.369 e. The highest BCUT2D eigenvalue weighted by Crippen LogP contribution is 2.43. The Morgan fingerprint density at radius 1 is 1.11 bits per heavy atom. The molecular formula is C15H20ClF3N4O5. The van der Waals surface area contributed by atoms with Gasteiger partial charge in [0.1, 0.15) is 5.88 Å². The van der Waals surface area contributed by atoms with E-state index < -0.39 is 38.9 Å². The van der Waals surface area contributed by atoms with E-state index in [4.69, 9.17) is 11.6 Å². The van der Waals surface area contributed by atoms with Gasteiger partial charge in [0.15, 0.2) is 5.69 Å². The molecule has 0 atom stereocenters. The summed E-state index contributed by atoms with van der Waals surface area (Å²) in [6.07, 6.45) is -3.83. The van der Waals surface area contributed by atoms with Gasteiger partial charge in [0, 0.05) is 25.2 Å². The number of alkyl halides is 4. The van der Waals surface area contributed by atoms with Gasteiger partial charge >= 0.3 is 6.18 Å². The Balaban J connectivity index is 0.00000129. The lowest BCUT2D eigenvalue weighted by Crippen LogP contribution is -2.27. The highest BCUT2D eigenvalue weighted by atomic mass is 35.5. The fraction of sp³-hybridized carbons (Fsp3) is 0.533. The molecule has 0 aliphatic carbocycles. The van der Waals surface area contributed by atoms with Gasteiger partial charge in [-0.15, -0.1) is 11.6 Å². The largest absolute Gasteiger partial charge is 0.416 e. The van der Waals surface area contributed by atoms with Crippen molar-refractivity contribution < 1.29 is 27.8 Å². The first-order valence-electron chi connectivity index (χ1n) is 8.03. The van der Waals surface area contributed by atoms with Crippen LogP contribution in [0, 0.1) is 20.2 Å². The number of anilines is 1. The number of rotatable bonds is 8. The lowest BCUT2D eigenvalue weighted by Gasteiger charge is -2.23. The molecule has 158 valence electrons. The van der Waals surface area contributed by atoms with E-state index in [9.17, 15) is 38.2 Å². The SMILES string of the molecule is CCCN(CCC)c1c([N+](=O)[O-])cc(C(F)(F)F)cc1[N+](=O)[O-].NC(=O)CCl. The third-order valence-corrected chi connectivity index (χ3v) is 3.49. The van der Waals surface area contributed by atoms with Crippen molar-refractivity contribution in [2.75, 3.05) is 23.9 Å². The summed E-state index contributed by atoms with van der Waals surface area (Å²) in [6.45, 7) is 4.07. The molecule has 2 N–H and O–H groups in total. The number of hydrogen-bond acceptors (Lipinski definition) is 6. The van der Waals surface area contributed by atoms with Gasteiger partial charge in [-0.25, -0.2) is 0 Å². The van der Waals surface area contributed by atoms with Gasteiger partial charge in [0.25, 0.3) is 11.4 Å². The normalized spacial score (nSPS) is 10.6. The molecule has 1 rings (SSSR count). The number of primary amides is 1. The molecule has 1 aromatic rings. The number of carbonyl (C=O) groups excluding carboxylic acids is 1. The predicted molar refractivity (Wildman–Crippen MR) is 97.5 cm³/mol. The van der Waals surface area contributed by atoms with Crippen molar-refractivity contribution in [2.24, 2.45) is 5.73 Å². The van der Waals surface area contributed by atoms with E-state index in [0.29, 0.717) is 25.0 Å². The molecule has 13 heteroatoms. The molecule has 0 aliphatic heterocycles. The minimum absolute atomic E-state index is 0.0833. The first-order valence-corrected chi connectivity index (χ1v) is 8.57. The molecule has 0 radical (unpaired) electrons. The van der Waals surface area contributed by atoms with Crippen LogP contribution in [0.5, 0.6) is 0 Å². The lowest BCUT2D eigenvalue weighted by atomic mass is 10.1. The summed E-state index contributed by atoms with van der Waals surface area (Å²) in [5, 5.41) is 22.4. The second-order valence-electron chi connectivity index (χ2n) is 5.46. The first-order chi connectivity index (χ1) is 12.9. The van der Waals surface area contributed by atoms with Crippen LogP contribution in [0.3, 0.4) is 0 Å². The molecule has 9 nitrogen and oxygen atoms in total. The molecule has 0 aromatic heterocycles. The lowest BCUT2D eigenvalue weighted by molar-refractivity contribution is -0.393. The van der Waals surface area contributed by atoms with Crippen LogP contribution in [-0.2, 0) is 11.0 Å². The van der Waals surface area contributed by atoms with Gasteiger partial charge in [-0.3, -0.25) is 25.0 Å². The van der Waals surface area contributed by atoms with Crippen LogP contribution < -0.4 is 10.6 Å². The van der Waals surface area contributed by atoms with Gasteiger partial charge in [0.05, 0.1) is 15.4 Å². The predicted octanol–water partition coefficient (Wildman–Crippen LogP) is 3.86. The maximum atomic E-state index is 12.8. The van der Waals surface area contributed by atoms with E-state index in [2.05, 4.69) is 5.73 Å². The van der Waals surface area contributed by atoms with Gasteiger partial charge in [0.2, 0.25) is 5.91 Å². The Hall–Kier alpha value is -2.63. The molecule has 0 saturated heterocycles. The van der Waals surface area contributed by atoms with E-state index in [1.165, 1.54) is 4.90 Å². The maximum absolute atomic E-state index is 12.8. The minimum atomic E-state index is -4.91. The molecule has 0 aliphatic rings. The highest BCUT2D eigenvalue weighted by Gasteiger charge is 2.38. The molecule has 28 heavy (non-hydrogen) atoms. The number of benzene rings is 1. The fourth-order valence-electron chi connectivity index (χ4n) is 2.25. The zero-order valence-electron chi connectivity index (χ0n) is 15.2. The molecule has 0 fully saturated rings. The summed E-state index contributed by atoms with van der Waals surface area (Å²) in [7, 11) is 0. The molecule has 0 spiro atoms. The fourth-order valence-corrected chi connectivity index (χ4v) is 2.25. The van der Waals surface area contributed by atoms with Crippen molar-refractivity contribution in [3.63, 3.8) is 0 Å². The molecule has 0 heterocycles. The van der Waals surface area contributed by atoms with Crippen LogP contribution in [0.15, 0.2) is 12.1 Å². The van der Waals surface area contributed by atoms with Crippen molar-refractivity contribution in [1.29, 1.82) is 0 Å². The average molecular weight is 429 g/mol. The van der Waals surface area contributed by atoms with Crippen molar-refractivity contribution in [3.8, 4) is 0 Å². The standard InChI is InChI=1S/C13H16F3N3O4.C2H4ClNO/c1-3-5-17(6-4-2)12-10(18(20)21)7-9(13(14,15)16)8-11(12)19(22)23;3-1-2(4)5/h7-8H,3-6H2,1-2H3;1H2,(H2,4,5). The number of nitro benzene ring substituents is 2. The number of nitrogens with two attached hydrogens (primary N) is 1. The summed E-state index contributed by atoms with van der Waals surface area (Å²) >= 11 is 4.86. The average Bonchev–Trinajstić information content (AvgIpc) is 2.59. The van der Waals surface area contributed by atoms with E-state index in [1.807, 2.05) is 0 Å². The Morgan fingerprint density at radius 2 is 1.46 bits per heavy atom. The summed E-state index contributed by atoms with van der Waals surface area (Å²) < 4.78 is 38.5. The van der Waals surface area contributed by atoms with E-state index >= 15 is 0 Å². The quantitative estimate of drug-likeness (QED) is 0.379. The van der Waals surface area contributed by atoms with Crippen molar-refractivity contribution in [1.82, 2.24) is 0 Å². The van der Waals surface area contributed by atoms with Crippen LogP contribution in [0.2, 0.25) is 0 Å². The first kappa shape index (κ1) is 25.4. The summed E-state index contributed by atoms with van der Waals surface area (Å²) in [5.41, 5.74) is 0.915. The summed E-state index contributed by atoms with van der Waals surface area (Å²) in [6, 6.07) is 0.696. The number of carbonyl (C=O) groups is 1. The number of nitro groups is 2. The third kappa shape index (κ3) is 7.55. The molecular weight excluding hydrogens is 409 g/mol. The Morgan fingerprint density at radius 3 is 1.68 bits per heavy atom. The minimum Gasteiger partial charge on any atom is -0.369 e. The number of nitrogens with zero attached hydrogens (tertiary/aromatic N) is 3. The Bertz CT molecular complexity index is 674. The van der Waals surface area contributed by atoms with E-state index in [0.717, 1.165) is 0 Å². The molecule has 1 amide bonds. The summed E-state index contributed by atoms with van der Waals surface area (Å²) in [5.74, 6) is -0.563. The highest BCUT2D eigenvalue weighted by molar-refractivity contribution is 6.27. The topological polar surface area (TPSA) is 133 Å².